The van der Waals surface area contributed by atoms with Crippen LogP contribution in [0.25, 0.3) is 0 Å². The van der Waals surface area contributed by atoms with E-state index in [4.69, 9.17) is 20.5 Å². The number of halogens is 2. The molecule has 1 saturated heterocycles. The number of anilines is 2. The summed E-state index contributed by atoms with van der Waals surface area (Å²) in [5.74, 6) is 1.30. The fraction of sp³-hybridized carbons (Fsp3) is 0.429. The van der Waals surface area contributed by atoms with Gasteiger partial charge >= 0.3 is 6.01 Å². The van der Waals surface area contributed by atoms with E-state index in [0.29, 0.717) is 11.8 Å². The second-order valence-corrected chi connectivity index (χ2v) is 8.41. The Hall–Kier alpha value is -2.94. The molecular weight excluding hydrogens is 421 g/mol. The molecule has 2 aromatic heterocycles. The minimum Gasteiger partial charge on any atom is -0.424 e. The highest BCUT2D eigenvalue weighted by atomic mass is 35.5. The van der Waals surface area contributed by atoms with Crippen LogP contribution in [0, 0.1) is 24.6 Å². The summed E-state index contributed by atoms with van der Waals surface area (Å²) in [7, 11) is 0. The van der Waals surface area contributed by atoms with Gasteiger partial charge in [0.15, 0.2) is 0 Å². The fourth-order valence-electron chi connectivity index (χ4n) is 4.48. The molecule has 1 aliphatic heterocycles. The van der Waals surface area contributed by atoms with E-state index in [-0.39, 0.29) is 28.8 Å². The van der Waals surface area contributed by atoms with Crippen LogP contribution in [-0.2, 0) is 6.98 Å². The van der Waals surface area contributed by atoms with Crippen molar-refractivity contribution in [3.8, 4) is 11.8 Å². The third-order valence-corrected chi connectivity index (χ3v) is 6.21. The van der Waals surface area contributed by atoms with Crippen molar-refractivity contribution in [1.29, 1.82) is 0 Å². The monoisotopic (exact) mass is 446 g/mol. The largest absolute Gasteiger partial charge is 0.424 e. The molecule has 5 rings (SSSR count). The highest BCUT2D eigenvalue weighted by Crippen LogP contribution is 2.39. The Morgan fingerprint density at radius 1 is 1.23 bits per heavy atom. The zero-order chi connectivity index (χ0) is 24.0. The molecule has 2 unspecified atom stereocenters. The molecule has 1 aromatic carbocycles. The lowest BCUT2D eigenvalue weighted by Gasteiger charge is -2.38. The molecule has 3 heterocycles. The van der Waals surface area contributed by atoms with Crippen LogP contribution in [0.5, 0.6) is 11.8 Å². The number of ether oxygens (including phenoxy) is 1. The van der Waals surface area contributed by atoms with Crippen LogP contribution in [0.4, 0.5) is 16.2 Å². The predicted molar refractivity (Wildman–Crippen MR) is 115 cm³/mol. The normalized spacial score (nSPS) is 24.4. The molecule has 0 amide bonds. The van der Waals surface area contributed by atoms with Crippen LogP contribution in [-0.4, -0.2) is 43.9 Å². The van der Waals surface area contributed by atoms with Crippen LogP contribution in [0.15, 0.2) is 30.6 Å². The molecule has 1 saturated carbocycles. The highest BCUT2D eigenvalue weighted by Gasteiger charge is 2.43. The summed E-state index contributed by atoms with van der Waals surface area (Å²) in [5.41, 5.74) is 0.923. The molecule has 1 N–H and O–H groups in total. The highest BCUT2D eigenvalue weighted by molar-refractivity contribution is 6.30. The van der Waals surface area contributed by atoms with E-state index in [1.165, 1.54) is 12.1 Å². The van der Waals surface area contributed by atoms with Crippen LogP contribution in [0.2, 0.25) is 5.02 Å². The van der Waals surface area contributed by atoms with Gasteiger partial charge in [-0.1, -0.05) is 11.6 Å². The van der Waals surface area contributed by atoms with Gasteiger partial charge in [0.05, 0.1) is 5.02 Å². The standard InChI is InChI=1S/C21H23ClFN7O/c1-12-7-18(25-11-24-12)30-9-13-3-4-14(10-30)19(13)26-20-27-21(29(2)28-20)31-15-5-6-17(23)16(22)8-15/h5-8,11,13-14,19H,3-4,9-10H2,1-2H3,(H,26,28)/i2D3. The van der Waals surface area contributed by atoms with Gasteiger partial charge in [0.2, 0.25) is 5.95 Å². The lowest BCUT2D eigenvalue weighted by atomic mass is 9.92. The Kier molecular flexibility index (Phi) is 4.29. The van der Waals surface area contributed by atoms with Crippen molar-refractivity contribution in [2.45, 2.75) is 25.8 Å². The van der Waals surface area contributed by atoms with Gasteiger partial charge in [0.1, 0.15) is 23.7 Å². The molecule has 162 valence electrons. The molecule has 10 heteroatoms. The Labute approximate surface area is 188 Å². The SMILES string of the molecule is [2H]C([2H])([2H])n1nc(NC2C3CCC2CN(c2cc(C)ncn2)C3)nc1Oc1ccc(F)c(Cl)c1. The maximum atomic E-state index is 13.5. The van der Waals surface area contributed by atoms with Gasteiger partial charge in [-0.05, 0) is 43.7 Å². The van der Waals surface area contributed by atoms with E-state index in [2.05, 4.69) is 30.3 Å². The molecule has 2 aliphatic rings. The minimum atomic E-state index is -2.61. The Morgan fingerprint density at radius 2 is 2.03 bits per heavy atom. The summed E-state index contributed by atoms with van der Waals surface area (Å²) >= 11 is 5.81. The lowest BCUT2D eigenvalue weighted by molar-refractivity contribution is 0.374. The van der Waals surface area contributed by atoms with Gasteiger partial charge in [-0.2, -0.15) is 4.98 Å². The first-order valence-corrected chi connectivity index (χ1v) is 10.5. The second-order valence-electron chi connectivity index (χ2n) is 8.00. The topological polar surface area (TPSA) is 81.0 Å². The third-order valence-electron chi connectivity index (χ3n) is 5.92. The second kappa shape index (κ2) is 7.96. The molecule has 8 nitrogen and oxygen atoms in total. The van der Waals surface area contributed by atoms with Gasteiger partial charge in [-0.15, -0.1) is 5.10 Å². The number of piperidine rings is 1. The van der Waals surface area contributed by atoms with Gasteiger partial charge in [0, 0.05) is 48.0 Å². The number of nitrogens with one attached hydrogen (secondary N) is 1. The van der Waals surface area contributed by atoms with Crippen molar-refractivity contribution in [3.05, 3.63) is 47.1 Å². The number of fused-ring (bicyclic) bond motifs is 2. The predicted octanol–water partition coefficient (Wildman–Crippen LogP) is 3.83. The smallest absolute Gasteiger partial charge is 0.321 e. The molecule has 31 heavy (non-hydrogen) atoms. The number of nitrogens with zero attached hydrogens (tertiary/aromatic N) is 6. The number of aryl methyl sites for hydroxylation is 2. The summed E-state index contributed by atoms with van der Waals surface area (Å²) in [5, 5.41) is 7.37. The third kappa shape index (κ3) is 4.01. The van der Waals surface area contributed by atoms with Gasteiger partial charge in [-0.3, -0.25) is 0 Å². The zero-order valence-corrected chi connectivity index (χ0v) is 17.6. The van der Waals surface area contributed by atoms with E-state index >= 15 is 0 Å². The average molecular weight is 447 g/mol. The number of hydrogen-bond donors (Lipinski definition) is 1. The zero-order valence-electron chi connectivity index (χ0n) is 19.8. The minimum absolute atomic E-state index is 0.0970. The first kappa shape index (κ1) is 16.7. The molecule has 2 atom stereocenters. The first-order chi connectivity index (χ1) is 16.2. The molecule has 0 radical (unpaired) electrons. The van der Waals surface area contributed by atoms with Crippen LogP contribution >= 0.6 is 11.6 Å². The molecule has 2 fully saturated rings. The van der Waals surface area contributed by atoms with Crippen molar-refractivity contribution in [2.75, 3.05) is 23.3 Å². The van der Waals surface area contributed by atoms with Crippen LogP contribution in [0.3, 0.4) is 0 Å². The van der Waals surface area contributed by atoms with E-state index in [0.717, 1.165) is 48.2 Å². The lowest BCUT2D eigenvalue weighted by Crippen LogP contribution is -2.48. The van der Waals surface area contributed by atoms with Crippen molar-refractivity contribution >= 4 is 23.4 Å². The summed E-state index contributed by atoms with van der Waals surface area (Å²) in [6, 6.07) is 5.59. The Balaban J connectivity index is 1.35. The average Bonchev–Trinajstić information content (AvgIpc) is 3.27. The van der Waals surface area contributed by atoms with Crippen molar-refractivity contribution in [1.82, 2.24) is 24.7 Å². The van der Waals surface area contributed by atoms with Crippen molar-refractivity contribution in [3.63, 3.8) is 0 Å². The summed E-state index contributed by atoms with van der Waals surface area (Å²) in [4.78, 5) is 15.2. The van der Waals surface area contributed by atoms with Crippen molar-refractivity contribution < 1.29 is 13.2 Å². The van der Waals surface area contributed by atoms with E-state index < -0.39 is 12.8 Å². The first-order valence-electron chi connectivity index (χ1n) is 11.6. The number of benzene rings is 1. The Bertz CT molecular complexity index is 1190. The van der Waals surface area contributed by atoms with E-state index in [9.17, 15) is 4.39 Å². The molecule has 1 aliphatic carbocycles. The quantitative estimate of drug-likeness (QED) is 0.637. The van der Waals surface area contributed by atoms with E-state index in [1.807, 2.05) is 13.0 Å². The molecular formula is C21H23ClFN7O. The van der Waals surface area contributed by atoms with Crippen molar-refractivity contribution in [2.24, 2.45) is 18.8 Å². The molecule has 0 spiro atoms. The number of rotatable bonds is 5. The maximum absolute atomic E-state index is 13.5. The molecule has 3 aromatic rings. The van der Waals surface area contributed by atoms with Crippen LogP contribution in [0.1, 0.15) is 22.6 Å². The van der Waals surface area contributed by atoms with E-state index in [1.54, 1.807) is 6.33 Å². The fourth-order valence-corrected chi connectivity index (χ4v) is 4.65. The van der Waals surface area contributed by atoms with Gasteiger partial charge < -0.3 is 15.0 Å². The molecule has 2 bridgehead atoms. The van der Waals surface area contributed by atoms with Crippen LogP contribution < -0.4 is 15.0 Å². The van der Waals surface area contributed by atoms with Gasteiger partial charge in [-0.25, -0.2) is 19.0 Å². The Morgan fingerprint density at radius 3 is 2.74 bits per heavy atom. The summed E-state index contributed by atoms with van der Waals surface area (Å²) in [6.07, 6.45) is 3.67. The maximum Gasteiger partial charge on any atom is 0.321 e. The number of hydrogen-bond acceptors (Lipinski definition) is 7. The number of aromatic nitrogens is 5. The summed E-state index contributed by atoms with van der Waals surface area (Å²) < 4.78 is 43.2. The summed E-state index contributed by atoms with van der Waals surface area (Å²) in [6.45, 7) is 0.976. The van der Waals surface area contributed by atoms with Gasteiger partial charge in [0.25, 0.3) is 0 Å².